The Kier molecular flexibility index (Phi) is 2.65. The molecule has 1 heteroatoms. The molecule has 1 aromatic heterocycles. The number of rotatable bonds is 2. The molecule has 1 rings (SSSR count). The van der Waals surface area contributed by atoms with Crippen LogP contribution in [0.3, 0.4) is 0 Å². The van der Waals surface area contributed by atoms with Gasteiger partial charge < -0.3 is 0 Å². The molecule has 0 atom stereocenters. The average Bonchev–Trinajstić information content (AvgIpc) is 1.91. The van der Waals surface area contributed by atoms with Gasteiger partial charge in [-0.2, -0.15) is 0 Å². The van der Waals surface area contributed by atoms with Gasteiger partial charge in [0.15, 0.2) is 0 Å². The van der Waals surface area contributed by atoms with Crippen molar-refractivity contribution in [3.8, 4) is 0 Å². The molecule has 0 saturated heterocycles. The van der Waals surface area contributed by atoms with Crippen LogP contribution in [0.4, 0.5) is 0 Å². The second-order valence-corrected chi connectivity index (χ2v) is 4.55. The molecule has 0 aromatic carbocycles. The molecule has 0 unspecified atom stereocenters. The monoisotopic (exact) mass is 136 g/mol. The van der Waals surface area contributed by atoms with Crippen LogP contribution in [-0.4, -0.2) is 8.40 Å². The lowest BCUT2D eigenvalue weighted by Gasteiger charge is -1.92. The van der Waals surface area contributed by atoms with Gasteiger partial charge >= 0.3 is 0 Å². The lowest BCUT2D eigenvalue weighted by atomic mass is 10.6. The van der Waals surface area contributed by atoms with Gasteiger partial charge in [0, 0.05) is 8.40 Å². The van der Waals surface area contributed by atoms with Gasteiger partial charge in [0.25, 0.3) is 0 Å². The third-order valence-electron chi connectivity index (χ3n) is 1.38. The maximum Gasteiger partial charge on any atom is 0.0369 e. The summed E-state index contributed by atoms with van der Waals surface area (Å²) in [5.74, 6) is 0. The Balaban J connectivity index is 2.61. The Morgan fingerprint density at radius 3 is 2.33 bits per heavy atom. The molecule has 1 aromatic rings. The normalized spacial score (nSPS) is 9.44. The van der Waals surface area contributed by atoms with Crippen LogP contribution in [0.25, 0.3) is 0 Å². The Hall–Kier alpha value is -0.433. The maximum atomic E-state index is 2.36. The predicted octanol–water partition coefficient (Wildman–Crippen LogP) is 2.12. The highest BCUT2D eigenvalue weighted by Crippen LogP contribution is 1.88. The number of hydrogen-bond donors (Lipinski definition) is 0. The largest absolute Gasteiger partial charge is 0.0778 e. The summed E-state index contributed by atoms with van der Waals surface area (Å²) in [6.45, 7) is 2.25. The van der Waals surface area contributed by atoms with Crippen molar-refractivity contribution in [2.24, 2.45) is 0 Å². The third-order valence-corrected chi connectivity index (χ3v) is 3.70. The number of aryl methyl sites for hydroxylation is 1. The molecule has 0 saturated carbocycles. The van der Waals surface area contributed by atoms with Crippen molar-refractivity contribution in [1.82, 2.24) is 0 Å². The lowest BCUT2D eigenvalue weighted by molar-refractivity contribution is 1.02. The maximum absolute atomic E-state index is 2.36. The second-order valence-electron chi connectivity index (χ2n) is 2.24. The topological polar surface area (TPSA) is 0 Å². The molecular weight excluding hydrogens is 124 g/mol. The van der Waals surface area contributed by atoms with Crippen molar-refractivity contribution in [3.05, 3.63) is 29.6 Å². The molecule has 0 spiro atoms. The van der Waals surface area contributed by atoms with Crippen molar-refractivity contribution >= 4 is 8.40 Å². The summed E-state index contributed by atoms with van der Waals surface area (Å²) in [6.07, 6.45) is 1.32. The standard InChI is InChI=1S/C8H12Si/c1-2-6-9-7-4-3-5-8-9/h3-5,7-8H,2,6H2,1H3. The smallest absolute Gasteiger partial charge is 0.0369 e. The SMILES string of the molecule is CCC[si]1ccccc1. The molecule has 9 heavy (non-hydrogen) atoms. The van der Waals surface area contributed by atoms with Crippen LogP contribution in [0.2, 0.25) is 0 Å². The Bertz CT molecular complexity index is 157. The van der Waals surface area contributed by atoms with Crippen molar-refractivity contribution in [1.29, 1.82) is 0 Å². The number of hydrogen-bond acceptors (Lipinski definition) is 0. The first-order valence-corrected chi connectivity index (χ1v) is 5.33. The van der Waals surface area contributed by atoms with E-state index < -0.39 is 0 Å². The van der Waals surface area contributed by atoms with Crippen molar-refractivity contribution in [2.75, 3.05) is 0 Å². The zero-order valence-electron chi connectivity index (χ0n) is 5.80. The molecule has 0 aliphatic rings. The molecular formula is C8H12Si. The summed E-state index contributed by atoms with van der Waals surface area (Å²) in [6, 6.07) is 7.84. The zero-order valence-corrected chi connectivity index (χ0v) is 6.80. The quantitative estimate of drug-likeness (QED) is 0.546. The van der Waals surface area contributed by atoms with E-state index in [1.54, 1.807) is 0 Å². The van der Waals surface area contributed by atoms with Gasteiger partial charge in [-0.25, -0.2) is 0 Å². The fourth-order valence-electron chi connectivity index (χ4n) is 0.933. The van der Waals surface area contributed by atoms with E-state index >= 15 is 0 Å². The first-order chi connectivity index (χ1) is 4.43. The molecule has 0 fully saturated rings. The summed E-state index contributed by atoms with van der Waals surface area (Å²) >= 11 is 0. The molecule has 0 amide bonds. The zero-order chi connectivity index (χ0) is 6.53. The first kappa shape index (κ1) is 6.68. The summed E-state index contributed by atoms with van der Waals surface area (Å²) in [5.41, 5.74) is 4.71. The van der Waals surface area contributed by atoms with Crippen LogP contribution in [0.5, 0.6) is 0 Å². The fraction of sp³-hybridized carbons (Fsp3) is 0.375. The minimum Gasteiger partial charge on any atom is -0.0778 e. The van der Waals surface area contributed by atoms with Crippen LogP contribution in [0, 0.1) is 0 Å². The van der Waals surface area contributed by atoms with Gasteiger partial charge in [0.2, 0.25) is 0 Å². The molecule has 0 aliphatic carbocycles. The van der Waals surface area contributed by atoms with Crippen LogP contribution >= 0.6 is 0 Å². The van der Waals surface area contributed by atoms with Gasteiger partial charge in [-0.3, -0.25) is 0 Å². The van der Waals surface area contributed by atoms with E-state index in [1.807, 2.05) is 0 Å². The summed E-state index contributed by atoms with van der Waals surface area (Å²) < 4.78 is 0. The Morgan fingerprint density at radius 2 is 1.78 bits per heavy atom. The van der Waals surface area contributed by atoms with Crippen LogP contribution in [0.15, 0.2) is 29.6 Å². The molecule has 0 aliphatic heterocycles. The van der Waals surface area contributed by atoms with Crippen molar-refractivity contribution in [2.45, 2.75) is 19.4 Å². The molecule has 0 N–H and O–H groups in total. The van der Waals surface area contributed by atoms with Gasteiger partial charge in [-0.1, -0.05) is 42.9 Å². The molecule has 1 heterocycles. The Morgan fingerprint density at radius 1 is 1.11 bits per heavy atom. The van der Waals surface area contributed by atoms with E-state index in [0.29, 0.717) is 0 Å². The minimum absolute atomic E-state index is 0.191. The van der Waals surface area contributed by atoms with E-state index in [1.165, 1.54) is 12.5 Å². The average molecular weight is 136 g/mol. The third kappa shape index (κ3) is 2.10. The summed E-state index contributed by atoms with van der Waals surface area (Å²) in [7, 11) is -0.191. The highest BCUT2D eigenvalue weighted by atomic mass is 28.2. The highest BCUT2D eigenvalue weighted by Gasteiger charge is 1.86. The van der Waals surface area contributed by atoms with Gasteiger partial charge in [-0.05, 0) is 6.04 Å². The van der Waals surface area contributed by atoms with E-state index in [0.717, 1.165) is 0 Å². The van der Waals surface area contributed by atoms with Gasteiger partial charge in [0.1, 0.15) is 0 Å². The van der Waals surface area contributed by atoms with Gasteiger partial charge in [-0.15, -0.1) is 0 Å². The minimum atomic E-state index is -0.191. The van der Waals surface area contributed by atoms with Gasteiger partial charge in [0.05, 0.1) is 0 Å². The summed E-state index contributed by atoms with van der Waals surface area (Å²) in [4.78, 5) is 0. The Labute approximate surface area is 58.1 Å². The van der Waals surface area contributed by atoms with E-state index in [2.05, 4.69) is 36.5 Å². The lowest BCUT2D eigenvalue weighted by Crippen LogP contribution is -1.96. The van der Waals surface area contributed by atoms with E-state index in [-0.39, 0.29) is 8.40 Å². The molecule has 0 radical (unpaired) electrons. The summed E-state index contributed by atoms with van der Waals surface area (Å²) in [5, 5.41) is 0. The predicted molar refractivity (Wildman–Crippen MR) is 42.7 cm³/mol. The second kappa shape index (κ2) is 3.57. The van der Waals surface area contributed by atoms with Crippen LogP contribution in [0.1, 0.15) is 13.3 Å². The van der Waals surface area contributed by atoms with E-state index in [9.17, 15) is 0 Å². The van der Waals surface area contributed by atoms with Crippen molar-refractivity contribution in [3.63, 3.8) is 0 Å². The molecule has 0 nitrogen and oxygen atoms in total. The van der Waals surface area contributed by atoms with E-state index in [4.69, 9.17) is 0 Å². The first-order valence-electron chi connectivity index (χ1n) is 3.47. The van der Waals surface area contributed by atoms with Crippen LogP contribution < -0.4 is 0 Å². The van der Waals surface area contributed by atoms with Crippen molar-refractivity contribution < 1.29 is 0 Å². The van der Waals surface area contributed by atoms with Crippen LogP contribution in [-0.2, 0) is 6.04 Å². The fourth-order valence-corrected chi connectivity index (χ4v) is 2.67. The molecule has 48 valence electrons. The molecule has 0 bridgehead atoms. The highest BCUT2D eigenvalue weighted by molar-refractivity contribution is 6.49.